The van der Waals surface area contributed by atoms with Crippen LogP contribution in [0.1, 0.15) is 5.56 Å². The second-order valence-electron chi connectivity index (χ2n) is 3.55. The van der Waals surface area contributed by atoms with Crippen molar-refractivity contribution in [2.45, 2.75) is 6.54 Å². The van der Waals surface area contributed by atoms with E-state index in [1.807, 2.05) is 42.5 Å². The molecule has 2 nitrogen and oxygen atoms in total. The molecule has 1 aliphatic rings. The van der Waals surface area contributed by atoms with Gasteiger partial charge in [0.1, 0.15) is 0 Å². The van der Waals surface area contributed by atoms with Crippen LogP contribution in [0.2, 0.25) is 0 Å². The van der Waals surface area contributed by atoms with E-state index >= 15 is 0 Å². The van der Waals surface area contributed by atoms with Crippen LogP contribution in [-0.4, -0.2) is 12.3 Å². The van der Waals surface area contributed by atoms with Crippen molar-refractivity contribution in [1.82, 2.24) is 5.09 Å². The fourth-order valence-electron chi connectivity index (χ4n) is 1.52. The van der Waals surface area contributed by atoms with Crippen LogP contribution in [0.3, 0.4) is 0 Å². The van der Waals surface area contributed by atoms with E-state index in [4.69, 9.17) is 0 Å². The van der Waals surface area contributed by atoms with Crippen LogP contribution >= 0.6 is 7.29 Å². The quantitative estimate of drug-likeness (QED) is 0.609. The molecule has 1 heterocycles. The average Bonchev–Trinajstić information content (AvgIpc) is 2.65. The predicted molar refractivity (Wildman–Crippen MR) is 59.8 cm³/mol. The zero-order valence-electron chi connectivity index (χ0n) is 8.02. The summed E-state index contributed by atoms with van der Waals surface area (Å²) in [5, 5.41) is 3.17. The minimum Gasteiger partial charge on any atom is -0.306 e. The molecule has 0 atom stereocenters. The van der Waals surface area contributed by atoms with E-state index in [9.17, 15) is 4.57 Å². The Bertz CT molecular complexity index is 360. The van der Waals surface area contributed by atoms with Crippen LogP contribution in [0.5, 0.6) is 0 Å². The molecule has 0 unspecified atom stereocenters. The van der Waals surface area contributed by atoms with Gasteiger partial charge in [0, 0.05) is 18.9 Å². The van der Waals surface area contributed by atoms with Gasteiger partial charge in [0.2, 0.25) is 0 Å². The molecule has 0 aliphatic carbocycles. The second kappa shape index (κ2) is 4.12. The number of hydrogen-bond acceptors (Lipinski definition) is 1. The van der Waals surface area contributed by atoms with Gasteiger partial charge in [-0.05, 0) is 5.56 Å². The summed E-state index contributed by atoms with van der Waals surface area (Å²) >= 11 is 0. The fourth-order valence-corrected chi connectivity index (χ4v) is 3.38. The van der Waals surface area contributed by atoms with E-state index in [0.29, 0.717) is 18.9 Å². The van der Waals surface area contributed by atoms with Gasteiger partial charge in [0.25, 0.3) is 0 Å². The Labute approximate surface area is 84.5 Å². The third kappa shape index (κ3) is 2.34. The smallest absolute Gasteiger partial charge is 0.155 e. The highest BCUT2D eigenvalue weighted by Crippen LogP contribution is 2.44. The van der Waals surface area contributed by atoms with Crippen molar-refractivity contribution in [1.29, 1.82) is 0 Å². The molecular formula is C11H14NOP. The minimum atomic E-state index is -2.10. The van der Waals surface area contributed by atoms with Crippen LogP contribution in [-0.2, 0) is 11.1 Å². The van der Waals surface area contributed by atoms with Gasteiger partial charge in [-0.15, -0.1) is 0 Å². The number of benzene rings is 1. The maximum absolute atomic E-state index is 12.0. The van der Waals surface area contributed by atoms with Crippen LogP contribution < -0.4 is 5.09 Å². The lowest BCUT2D eigenvalue weighted by atomic mass is 10.2. The monoisotopic (exact) mass is 207 g/mol. The van der Waals surface area contributed by atoms with Crippen molar-refractivity contribution in [3.8, 4) is 0 Å². The molecule has 1 aromatic carbocycles. The van der Waals surface area contributed by atoms with E-state index < -0.39 is 7.29 Å². The number of nitrogens with one attached hydrogen (secondary N) is 1. The molecule has 0 fully saturated rings. The molecule has 14 heavy (non-hydrogen) atoms. The van der Waals surface area contributed by atoms with E-state index in [2.05, 4.69) is 5.09 Å². The Hall–Kier alpha value is -0.850. The predicted octanol–water partition coefficient (Wildman–Crippen LogP) is 2.62. The van der Waals surface area contributed by atoms with Crippen LogP contribution in [0.4, 0.5) is 0 Å². The van der Waals surface area contributed by atoms with Gasteiger partial charge >= 0.3 is 0 Å². The molecule has 0 bridgehead atoms. The van der Waals surface area contributed by atoms with E-state index in [-0.39, 0.29) is 0 Å². The van der Waals surface area contributed by atoms with Crippen molar-refractivity contribution in [2.24, 2.45) is 0 Å². The molecule has 0 aromatic heterocycles. The zero-order chi connectivity index (χ0) is 9.86. The summed E-state index contributed by atoms with van der Waals surface area (Å²) in [5.74, 6) is 0. The number of rotatable bonds is 3. The van der Waals surface area contributed by atoms with Gasteiger partial charge in [0.15, 0.2) is 7.29 Å². The highest BCUT2D eigenvalue weighted by Gasteiger charge is 2.21. The van der Waals surface area contributed by atoms with Crippen molar-refractivity contribution < 1.29 is 4.57 Å². The molecule has 1 N–H and O–H groups in total. The lowest BCUT2D eigenvalue weighted by molar-refractivity contribution is 0.569. The molecule has 74 valence electrons. The highest BCUT2D eigenvalue weighted by atomic mass is 31.2. The average molecular weight is 207 g/mol. The van der Waals surface area contributed by atoms with Gasteiger partial charge < -0.3 is 4.57 Å². The number of hydrogen-bond donors (Lipinski definition) is 1. The van der Waals surface area contributed by atoms with Crippen molar-refractivity contribution in [3.05, 3.63) is 48.0 Å². The van der Waals surface area contributed by atoms with Crippen molar-refractivity contribution in [3.63, 3.8) is 0 Å². The summed E-state index contributed by atoms with van der Waals surface area (Å²) in [4.78, 5) is 0. The van der Waals surface area contributed by atoms with Gasteiger partial charge in [-0.2, -0.15) is 0 Å². The molecular weight excluding hydrogens is 193 g/mol. The molecule has 0 radical (unpaired) electrons. The Balaban J connectivity index is 1.92. The Morgan fingerprint density at radius 1 is 1.14 bits per heavy atom. The normalized spacial score (nSPS) is 18.6. The minimum absolute atomic E-state index is 0.708. The van der Waals surface area contributed by atoms with Gasteiger partial charge in [-0.3, -0.25) is 5.09 Å². The van der Waals surface area contributed by atoms with Gasteiger partial charge in [0.05, 0.1) is 0 Å². The van der Waals surface area contributed by atoms with Crippen molar-refractivity contribution >= 4 is 7.29 Å². The molecule has 0 saturated heterocycles. The first-order chi connectivity index (χ1) is 6.79. The van der Waals surface area contributed by atoms with Gasteiger partial charge in [-0.1, -0.05) is 42.5 Å². The first-order valence-electron chi connectivity index (χ1n) is 4.81. The van der Waals surface area contributed by atoms with E-state index in [1.54, 1.807) is 0 Å². The summed E-state index contributed by atoms with van der Waals surface area (Å²) in [6.45, 7) is 0.708. The molecule has 1 aromatic rings. The summed E-state index contributed by atoms with van der Waals surface area (Å²) in [5.41, 5.74) is 1.19. The third-order valence-corrected chi connectivity index (χ3v) is 4.72. The topological polar surface area (TPSA) is 29.1 Å². The molecule has 1 aliphatic heterocycles. The highest BCUT2D eigenvalue weighted by molar-refractivity contribution is 7.62. The largest absolute Gasteiger partial charge is 0.306 e. The van der Waals surface area contributed by atoms with E-state index in [1.165, 1.54) is 5.56 Å². The summed E-state index contributed by atoms with van der Waals surface area (Å²) < 4.78 is 12.0. The first-order valence-corrected chi connectivity index (χ1v) is 6.88. The van der Waals surface area contributed by atoms with Crippen LogP contribution in [0.25, 0.3) is 0 Å². The molecule has 0 saturated carbocycles. The number of allylic oxidation sites excluding steroid dienone is 2. The Kier molecular flexibility index (Phi) is 2.85. The summed E-state index contributed by atoms with van der Waals surface area (Å²) in [6, 6.07) is 10.1. The van der Waals surface area contributed by atoms with Gasteiger partial charge in [-0.25, -0.2) is 0 Å². The second-order valence-corrected chi connectivity index (χ2v) is 6.37. The van der Waals surface area contributed by atoms with Crippen molar-refractivity contribution in [2.75, 3.05) is 12.3 Å². The molecule has 0 spiro atoms. The van der Waals surface area contributed by atoms with Crippen LogP contribution in [0, 0.1) is 0 Å². The molecule has 2 rings (SSSR count). The molecule has 0 amide bonds. The maximum atomic E-state index is 12.0. The Morgan fingerprint density at radius 3 is 2.43 bits per heavy atom. The lowest BCUT2D eigenvalue weighted by Crippen LogP contribution is -2.11. The standard InChI is InChI=1S/C11H14NOP/c13-14(8-4-5-9-14)12-10-11-6-2-1-3-7-11/h1-7H,8-10H2,(H,12,13). The third-order valence-electron chi connectivity index (χ3n) is 2.38. The molecule has 3 heteroatoms. The SMILES string of the molecule is O=P1(NCc2ccccc2)CC=CC1. The maximum Gasteiger partial charge on any atom is 0.155 e. The van der Waals surface area contributed by atoms with Crippen LogP contribution in [0.15, 0.2) is 42.5 Å². The van der Waals surface area contributed by atoms with E-state index in [0.717, 1.165) is 0 Å². The summed E-state index contributed by atoms with van der Waals surface area (Å²) in [7, 11) is -2.10. The Morgan fingerprint density at radius 2 is 1.79 bits per heavy atom. The zero-order valence-corrected chi connectivity index (χ0v) is 8.91. The summed E-state index contributed by atoms with van der Waals surface area (Å²) in [6.07, 6.45) is 5.41. The lowest BCUT2D eigenvalue weighted by Gasteiger charge is -2.12. The fraction of sp³-hybridized carbons (Fsp3) is 0.273. The first kappa shape index (κ1) is 9.70.